The molecule has 0 aliphatic rings. The summed E-state index contributed by atoms with van der Waals surface area (Å²) in [4.78, 5) is 1.95. The molecule has 7 nitrogen and oxygen atoms in total. The molecule has 0 aromatic heterocycles. The molecule has 0 spiro atoms. The van der Waals surface area contributed by atoms with Crippen LogP contribution in [-0.2, 0) is 9.84 Å². The van der Waals surface area contributed by atoms with E-state index in [-0.39, 0.29) is 23.2 Å². The average Bonchev–Trinajstić information content (AvgIpc) is 2.64. The van der Waals surface area contributed by atoms with Crippen LogP contribution in [0, 0.1) is 0 Å². The maximum atomic E-state index is 11.7. The van der Waals surface area contributed by atoms with E-state index in [0.717, 1.165) is 30.6 Å². The zero-order valence-electron chi connectivity index (χ0n) is 16.5. The van der Waals surface area contributed by atoms with Crippen LogP contribution >= 0.6 is 0 Å². The minimum atomic E-state index is -3.56. The summed E-state index contributed by atoms with van der Waals surface area (Å²) in [7, 11) is -1.55. The number of rotatable bonds is 9. The van der Waals surface area contributed by atoms with Crippen molar-refractivity contribution >= 4 is 21.2 Å². The Hall–Kier alpha value is -2.29. The van der Waals surface area contributed by atoms with Gasteiger partial charge in [-0.15, -0.1) is 0 Å². The third-order valence-corrected chi connectivity index (χ3v) is 5.79. The molecule has 2 atom stereocenters. The smallest absolute Gasteiger partial charge is 0.179 e. The first kappa shape index (κ1) is 22.0. The topological polar surface area (TPSA) is 116 Å². The molecule has 8 heteroatoms. The largest absolute Gasteiger partial charge is 0.507 e. The molecule has 0 saturated heterocycles. The van der Waals surface area contributed by atoms with Gasteiger partial charge < -0.3 is 26.2 Å². The molecule has 0 fully saturated rings. The zero-order chi connectivity index (χ0) is 20.9. The molecule has 2 aromatic carbocycles. The summed E-state index contributed by atoms with van der Waals surface area (Å²) >= 11 is 0. The van der Waals surface area contributed by atoms with Gasteiger partial charge in [-0.2, -0.15) is 0 Å². The van der Waals surface area contributed by atoms with E-state index in [1.54, 1.807) is 0 Å². The van der Waals surface area contributed by atoms with Crippen molar-refractivity contribution in [2.24, 2.45) is 0 Å². The standard InChI is InChI=1S/C20H29N3O4S/c1-14(10-11-23(2)17-7-5-16(21)6-8-17)22-13-19(25)15-4-9-18(24)20(12-15)28(3,26)27/h4-9,12,14,19,22,24-25H,10-11,13,21H2,1-3H3. The van der Waals surface area contributed by atoms with Crippen molar-refractivity contribution in [2.45, 2.75) is 30.4 Å². The van der Waals surface area contributed by atoms with Gasteiger partial charge in [0, 0.05) is 43.8 Å². The van der Waals surface area contributed by atoms with Gasteiger partial charge in [-0.3, -0.25) is 0 Å². The summed E-state index contributed by atoms with van der Waals surface area (Å²) in [6.07, 6.45) is 1.01. The summed E-state index contributed by atoms with van der Waals surface area (Å²) in [6.45, 7) is 3.13. The Balaban J connectivity index is 1.87. The summed E-state index contributed by atoms with van der Waals surface area (Å²) < 4.78 is 23.4. The molecule has 0 aliphatic heterocycles. The van der Waals surface area contributed by atoms with Gasteiger partial charge in [-0.05, 0) is 55.3 Å². The number of hydrogen-bond acceptors (Lipinski definition) is 7. The first-order valence-corrected chi connectivity index (χ1v) is 11.0. The van der Waals surface area contributed by atoms with Crippen molar-refractivity contribution in [1.29, 1.82) is 0 Å². The molecule has 2 rings (SSSR count). The van der Waals surface area contributed by atoms with E-state index < -0.39 is 15.9 Å². The van der Waals surface area contributed by atoms with Crippen LogP contribution < -0.4 is 16.0 Å². The number of hydrogen-bond donors (Lipinski definition) is 4. The fourth-order valence-corrected chi connectivity index (χ4v) is 3.61. The third-order valence-electron chi connectivity index (χ3n) is 4.66. The maximum absolute atomic E-state index is 11.7. The van der Waals surface area contributed by atoms with Crippen molar-refractivity contribution in [3.63, 3.8) is 0 Å². The third kappa shape index (κ3) is 6.12. The number of aliphatic hydroxyl groups excluding tert-OH is 1. The minimum Gasteiger partial charge on any atom is -0.507 e. The number of nitrogens with one attached hydrogen (secondary N) is 1. The van der Waals surface area contributed by atoms with Crippen LogP contribution in [0.2, 0.25) is 0 Å². The minimum absolute atomic E-state index is 0.150. The lowest BCUT2D eigenvalue weighted by Gasteiger charge is -2.23. The Kier molecular flexibility index (Phi) is 7.29. The molecule has 0 saturated carbocycles. The Morgan fingerprint density at radius 1 is 1.18 bits per heavy atom. The molecule has 0 bridgehead atoms. The van der Waals surface area contributed by atoms with Crippen LogP contribution in [0.25, 0.3) is 0 Å². The number of aromatic hydroxyl groups is 1. The van der Waals surface area contributed by atoms with E-state index in [1.807, 2.05) is 38.2 Å². The van der Waals surface area contributed by atoms with Crippen LogP contribution in [-0.4, -0.2) is 51.1 Å². The maximum Gasteiger partial charge on any atom is 0.179 e. The zero-order valence-corrected chi connectivity index (χ0v) is 17.3. The second-order valence-corrected chi connectivity index (χ2v) is 9.11. The van der Waals surface area contributed by atoms with Gasteiger partial charge in [0.2, 0.25) is 0 Å². The number of nitrogens with two attached hydrogens (primary N) is 1. The molecule has 2 unspecified atom stereocenters. The molecule has 0 amide bonds. The van der Waals surface area contributed by atoms with Gasteiger partial charge in [-0.25, -0.2) is 8.42 Å². The van der Waals surface area contributed by atoms with E-state index in [9.17, 15) is 18.6 Å². The molecule has 154 valence electrons. The van der Waals surface area contributed by atoms with Crippen molar-refractivity contribution in [1.82, 2.24) is 5.32 Å². The molecule has 5 N–H and O–H groups in total. The van der Waals surface area contributed by atoms with Crippen LogP contribution in [0.15, 0.2) is 47.4 Å². The lowest BCUT2D eigenvalue weighted by Crippen LogP contribution is -2.33. The number of nitrogen functional groups attached to an aromatic ring is 1. The van der Waals surface area contributed by atoms with Crippen molar-refractivity contribution in [3.05, 3.63) is 48.0 Å². The van der Waals surface area contributed by atoms with E-state index >= 15 is 0 Å². The molecule has 0 heterocycles. The Bertz CT molecular complexity index is 885. The lowest BCUT2D eigenvalue weighted by molar-refractivity contribution is 0.170. The van der Waals surface area contributed by atoms with Gasteiger partial charge >= 0.3 is 0 Å². The average molecular weight is 408 g/mol. The summed E-state index contributed by atoms with van der Waals surface area (Å²) in [5.41, 5.74) is 7.96. The Morgan fingerprint density at radius 3 is 2.43 bits per heavy atom. The fourth-order valence-electron chi connectivity index (χ4n) is 2.81. The van der Waals surface area contributed by atoms with Crippen molar-refractivity contribution < 1.29 is 18.6 Å². The van der Waals surface area contributed by atoms with E-state index in [4.69, 9.17) is 5.73 Å². The molecule has 2 aromatic rings. The monoisotopic (exact) mass is 407 g/mol. The normalized spacial score (nSPS) is 13.9. The predicted molar refractivity (Wildman–Crippen MR) is 112 cm³/mol. The van der Waals surface area contributed by atoms with Crippen LogP contribution in [0.1, 0.15) is 25.0 Å². The van der Waals surface area contributed by atoms with Crippen LogP contribution in [0.4, 0.5) is 11.4 Å². The Morgan fingerprint density at radius 2 is 1.82 bits per heavy atom. The number of benzene rings is 2. The highest BCUT2D eigenvalue weighted by molar-refractivity contribution is 7.90. The summed E-state index contributed by atoms with van der Waals surface area (Å²) in [5, 5.41) is 23.3. The second-order valence-electron chi connectivity index (χ2n) is 7.13. The summed E-state index contributed by atoms with van der Waals surface area (Å²) in [6, 6.07) is 12.0. The molecular formula is C20H29N3O4S. The van der Waals surface area contributed by atoms with Crippen LogP contribution in [0.3, 0.4) is 0 Å². The van der Waals surface area contributed by atoms with Gasteiger partial charge in [0.05, 0.1) is 6.10 Å². The Labute approximate surface area is 166 Å². The highest BCUT2D eigenvalue weighted by atomic mass is 32.2. The van der Waals surface area contributed by atoms with E-state index in [0.29, 0.717) is 5.56 Å². The SMILES string of the molecule is CC(CCN(C)c1ccc(N)cc1)NCC(O)c1ccc(O)c(S(C)(=O)=O)c1. The van der Waals surface area contributed by atoms with Gasteiger partial charge in [0.25, 0.3) is 0 Å². The highest BCUT2D eigenvalue weighted by Crippen LogP contribution is 2.26. The quantitative estimate of drug-likeness (QED) is 0.469. The first-order valence-electron chi connectivity index (χ1n) is 9.09. The van der Waals surface area contributed by atoms with Gasteiger partial charge in [0.15, 0.2) is 9.84 Å². The molecule has 28 heavy (non-hydrogen) atoms. The van der Waals surface area contributed by atoms with E-state index in [2.05, 4.69) is 10.2 Å². The van der Waals surface area contributed by atoms with Crippen molar-refractivity contribution in [3.8, 4) is 5.75 Å². The highest BCUT2D eigenvalue weighted by Gasteiger charge is 2.17. The van der Waals surface area contributed by atoms with Gasteiger partial charge in [0.1, 0.15) is 10.6 Å². The number of nitrogens with zero attached hydrogens (tertiary/aromatic N) is 1. The number of phenols is 1. The molecule has 0 aliphatic carbocycles. The predicted octanol–water partition coefficient (Wildman–Crippen LogP) is 1.92. The van der Waals surface area contributed by atoms with E-state index in [1.165, 1.54) is 18.2 Å². The first-order chi connectivity index (χ1) is 13.1. The van der Waals surface area contributed by atoms with Crippen molar-refractivity contribution in [2.75, 3.05) is 37.0 Å². The number of aliphatic hydroxyl groups is 1. The molecular weight excluding hydrogens is 378 g/mol. The number of phenolic OH excluding ortho intramolecular Hbond substituents is 1. The number of anilines is 2. The fraction of sp³-hybridized carbons (Fsp3) is 0.400. The van der Waals surface area contributed by atoms with Gasteiger partial charge in [-0.1, -0.05) is 6.07 Å². The second kappa shape index (κ2) is 9.27. The molecule has 0 radical (unpaired) electrons. The number of sulfone groups is 1. The van der Waals surface area contributed by atoms with Crippen LogP contribution in [0.5, 0.6) is 5.75 Å². The summed E-state index contributed by atoms with van der Waals surface area (Å²) in [5.74, 6) is -0.314. The lowest BCUT2D eigenvalue weighted by atomic mass is 10.1.